The molecule has 1 amide bonds. The van der Waals surface area contributed by atoms with Gasteiger partial charge >= 0.3 is 0 Å². The lowest BCUT2D eigenvalue weighted by Gasteiger charge is -2.10. The standard InChI is InChI=1S/C12H15ClFNO2/c1-2-4-8(13)7-15-12(17)11-9(14)5-3-6-10(11)16/h3,5-6,8,16H,2,4,7H2,1H3,(H,15,17). The SMILES string of the molecule is CCCC(Cl)CNC(=O)c1c(O)cccc1F. The summed E-state index contributed by atoms with van der Waals surface area (Å²) in [7, 11) is 0. The van der Waals surface area contributed by atoms with Crippen LogP contribution in [0.15, 0.2) is 18.2 Å². The summed E-state index contributed by atoms with van der Waals surface area (Å²) in [5.41, 5.74) is -0.340. The molecule has 1 aromatic rings. The van der Waals surface area contributed by atoms with Gasteiger partial charge in [-0.05, 0) is 18.6 Å². The molecule has 1 atom stereocenters. The third-order valence-electron chi connectivity index (χ3n) is 2.30. The maximum atomic E-state index is 13.3. The molecule has 0 bridgehead atoms. The van der Waals surface area contributed by atoms with Gasteiger partial charge in [0.05, 0.1) is 5.38 Å². The molecular formula is C12H15ClFNO2. The fraction of sp³-hybridized carbons (Fsp3) is 0.417. The van der Waals surface area contributed by atoms with Gasteiger partial charge < -0.3 is 10.4 Å². The van der Waals surface area contributed by atoms with Crippen LogP contribution in [0.2, 0.25) is 0 Å². The predicted octanol–water partition coefficient (Wildman–Crippen LogP) is 2.67. The third-order valence-corrected chi connectivity index (χ3v) is 2.68. The third kappa shape index (κ3) is 3.89. The van der Waals surface area contributed by atoms with E-state index >= 15 is 0 Å². The van der Waals surface area contributed by atoms with Crippen LogP contribution in [-0.4, -0.2) is 22.9 Å². The maximum absolute atomic E-state index is 13.3. The first-order valence-electron chi connectivity index (χ1n) is 5.46. The van der Waals surface area contributed by atoms with Crippen molar-refractivity contribution in [3.8, 4) is 5.75 Å². The van der Waals surface area contributed by atoms with Gasteiger partial charge in [-0.25, -0.2) is 4.39 Å². The van der Waals surface area contributed by atoms with Crippen molar-refractivity contribution in [3.63, 3.8) is 0 Å². The van der Waals surface area contributed by atoms with E-state index in [1.807, 2.05) is 6.92 Å². The molecule has 3 nitrogen and oxygen atoms in total. The molecule has 0 aromatic heterocycles. The van der Waals surface area contributed by atoms with Crippen molar-refractivity contribution >= 4 is 17.5 Å². The minimum absolute atomic E-state index is 0.183. The number of nitrogens with one attached hydrogen (secondary N) is 1. The molecule has 0 saturated carbocycles. The van der Waals surface area contributed by atoms with Crippen molar-refractivity contribution < 1.29 is 14.3 Å². The molecule has 5 heteroatoms. The average Bonchev–Trinajstić information content (AvgIpc) is 2.26. The Labute approximate surface area is 105 Å². The molecule has 17 heavy (non-hydrogen) atoms. The van der Waals surface area contributed by atoms with E-state index in [4.69, 9.17) is 11.6 Å². The van der Waals surface area contributed by atoms with Crippen LogP contribution in [0.5, 0.6) is 5.75 Å². The number of halogens is 2. The highest BCUT2D eigenvalue weighted by atomic mass is 35.5. The first-order valence-corrected chi connectivity index (χ1v) is 5.89. The van der Waals surface area contributed by atoms with Crippen LogP contribution >= 0.6 is 11.6 Å². The largest absolute Gasteiger partial charge is 0.507 e. The highest BCUT2D eigenvalue weighted by Crippen LogP contribution is 2.19. The quantitative estimate of drug-likeness (QED) is 0.799. The zero-order valence-electron chi connectivity index (χ0n) is 9.54. The van der Waals surface area contributed by atoms with Crippen LogP contribution in [0.1, 0.15) is 30.1 Å². The minimum Gasteiger partial charge on any atom is -0.507 e. The smallest absolute Gasteiger partial charge is 0.258 e. The molecule has 94 valence electrons. The number of benzene rings is 1. The first-order chi connectivity index (χ1) is 8.06. The zero-order chi connectivity index (χ0) is 12.8. The second-order valence-electron chi connectivity index (χ2n) is 3.73. The fourth-order valence-electron chi connectivity index (χ4n) is 1.44. The number of phenols is 1. The van der Waals surface area contributed by atoms with E-state index in [-0.39, 0.29) is 23.2 Å². The Morgan fingerprint density at radius 2 is 2.29 bits per heavy atom. The highest BCUT2D eigenvalue weighted by molar-refractivity contribution is 6.20. The lowest BCUT2D eigenvalue weighted by atomic mass is 10.1. The van der Waals surface area contributed by atoms with Gasteiger partial charge in [0, 0.05) is 6.54 Å². The molecule has 1 rings (SSSR count). The van der Waals surface area contributed by atoms with Gasteiger partial charge in [0.1, 0.15) is 17.1 Å². The molecule has 0 aliphatic rings. The van der Waals surface area contributed by atoms with Gasteiger partial charge in [-0.1, -0.05) is 19.4 Å². The van der Waals surface area contributed by atoms with Crippen molar-refractivity contribution in [1.82, 2.24) is 5.32 Å². The summed E-state index contributed by atoms with van der Waals surface area (Å²) in [4.78, 5) is 11.6. The van der Waals surface area contributed by atoms with Gasteiger partial charge in [0.15, 0.2) is 0 Å². The molecule has 0 spiro atoms. The summed E-state index contributed by atoms with van der Waals surface area (Å²) in [6.07, 6.45) is 1.68. The van der Waals surface area contributed by atoms with Gasteiger partial charge in [0.25, 0.3) is 5.91 Å². The van der Waals surface area contributed by atoms with Crippen molar-refractivity contribution in [3.05, 3.63) is 29.6 Å². The molecule has 0 aliphatic heterocycles. The number of alkyl halides is 1. The Morgan fingerprint density at radius 1 is 1.59 bits per heavy atom. The Balaban J connectivity index is 2.64. The van der Waals surface area contributed by atoms with E-state index in [0.29, 0.717) is 0 Å². The van der Waals surface area contributed by atoms with Crippen LogP contribution in [-0.2, 0) is 0 Å². The summed E-state index contributed by atoms with van der Waals surface area (Å²) in [5, 5.41) is 11.7. The van der Waals surface area contributed by atoms with Crippen LogP contribution in [0, 0.1) is 5.82 Å². The number of carbonyl (C=O) groups is 1. The van der Waals surface area contributed by atoms with Crippen molar-refractivity contribution in [1.29, 1.82) is 0 Å². The van der Waals surface area contributed by atoms with Crippen LogP contribution in [0.3, 0.4) is 0 Å². The van der Waals surface area contributed by atoms with Gasteiger partial charge in [0.2, 0.25) is 0 Å². The van der Waals surface area contributed by atoms with Gasteiger partial charge in [-0.15, -0.1) is 11.6 Å². The molecule has 0 fully saturated rings. The number of hydrogen-bond donors (Lipinski definition) is 2. The van der Waals surface area contributed by atoms with E-state index in [1.54, 1.807) is 0 Å². The molecule has 0 aliphatic carbocycles. The molecule has 1 unspecified atom stereocenters. The van der Waals surface area contributed by atoms with E-state index in [9.17, 15) is 14.3 Å². The summed E-state index contributed by atoms with van der Waals surface area (Å²) in [6.45, 7) is 2.24. The summed E-state index contributed by atoms with van der Waals surface area (Å²) < 4.78 is 13.3. The van der Waals surface area contributed by atoms with E-state index in [0.717, 1.165) is 18.9 Å². The Bertz CT molecular complexity index is 378. The van der Waals surface area contributed by atoms with Crippen LogP contribution in [0.4, 0.5) is 4.39 Å². The second-order valence-corrected chi connectivity index (χ2v) is 4.35. The zero-order valence-corrected chi connectivity index (χ0v) is 10.3. The maximum Gasteiger partial charge on any atom is 0.258 e. The number of rotatable bonds is 5. The molecule has 0 saturated heterocycles. The lowest BCUT2D eigenvalue weighted by molar-refractivity contribution is 0.0946. The summed E-state index contributed by atoms with van der Waals surface area (Å²) in [6, 6.07) is 3.73. The fourth-order valence-corrected chi connectivity index (χ4v) is 1.74. The number of amides is 1. The molecule has 2 N–H and O–H groups in total. The van der Waals surface area contributed by atoms with Gasteiger partial charge in [-0.3, -0.25) is 4.79 Å². The summed E-state index contributed by atoms with van der Waals surface area (Å²) >= 11 is 5.92. The normalized spacial score (nSPS) is 12.2. The highest BCUT2D eigenvalue weighted by Gasteiger charge is 2.16. The second kappa shape index (κ2) is 6.45. The van der Waals surface area contributed by atoms with E-state index in [2.05, 4.69) is 5.32 Å². The molecule has 0 heterocycles. The van der Waals surface area contributed by atoms with E-state index < -0.39 is 11.7 Å². The van der Waals surface area contributed by atoms with Crippen molar-refractivity contribution in [2.45, 2.75) is 25.1 Å². The number of carbonyl (C=O) groups excluding carboxylic acids is 1. The first kappa shape index (κ1) is 13.8. The van der Waals surface area contributed by atoms with Gasteiger partial charge in [-0.2, -0.15) is 0 Å². The molecular weight excluding hydrogens is 245 g/mol. The van der Waals surface area contributed by atoms with Crippen molar-refractivity contribution in [2.24, 2.45) is 0 Å². The van der Waals surface area contributed by atoms with Crippen LogP contribution < -0.4 is 5.32 Å². The Hall–Kier alpha value is -1.29. The average molecular weight is 260 g/mol. The monoisotopic (exact) mass is 259 g/mol. The predicted molar refractivity (Wildman–Crippen MR) is 64.9 cm³/mol. The number of phenolic OH excluding ortho intramolecular Hbond substituents is 1. The molecule has 1 aromatic carbocycles. The van der Waals surface area contributed by atoms with Crippen molar-refractivity contribution in [2.75, 3.05) is 6.54 Å². The Morgan fingerprint density at radius 3 is 2.88 bits per heavy atom. The summed E-state index contributed by atoms with van der Waals surface area (Å²) in [5.74, 6) is -1.77. The Kier molecular flexibility index (Phi) is 5.22. The lowest BCUT2D eigenvalue weighted by Crippen LogP contribution is -2.30. The molecule has 0 radical (unpaired) electrons. The topological polar surface area (TPSA) is 49.3 Å². The number of aromatic hydroxyl groups is 1. The number of hydrogen-bond acceptors (Lipinski definition) is 2. The van der Waals surface area contributed by atoms with E-state index in [1.165, 1.54) is 12.1 Å². The minimum atomic E-state index is -0.746. The van der Waals surface area contributed by atoms with Crippen LogP contribution in [0.25, 0.3) is 0 Å².